The molecule has 0 heterocycles. The van der Waals surface area contributed by atoms with Crippen molar-refractivity contribution in [3.8, 4) is 0 Å². The van der Waals surface area contributed by atoms with Crippen LogP contribution in [0.4, 0.5) is 4.79 Å². The third-order valence-corrected chi connectivity index (χ3v) is 2.93. The van der Waals surface area contributed by atoms with Crippen molar-refractivity contribution in [1.82, 2.24) is 10.6 Å². The molecule has 7 heteroatoms. The van der Waals surface area contributed by atoms with E-state index in [1.807, 2.05) is 0 Å². The molecule has 110 valence electrons. The summed E-state index contributed by atoms with van der Waals surface area (Å²) in [6.07, 6.45) is -0.447. The Bertz CT molecular complexity index is 491. The number of aliphatic carboxylic acids is 1. The van der Waals surface area contributed by atoms with Gasteiger partial charge in [0.05, 0.1) is 12.0 Å². The van der Waals surface area contributed by atoms with Crippen LogP contribution in [0.5, 0.6) is 0 Å². The number of hydrogen-bond acceptors (Lipinski definition) is 3. The van der Waals surface area contributed by atoms with Crippen LogP contribution in [0, 0.1) is 0 Å². The zero-order chi connectivity index (χ0) is 15.2. The minimum absolute atomic E-state index is 0.159. The maximum atomic E-state index is 11.5. The molecule has 1 unspecified atom stereocenters. The molecule has 20 heavy (non-hydrogen) atoms. The molecule has 1 atom stereocenters. The number of rotatable bonds is 6. The van der Waals surface area contributed by atoms with Crippen LogP contribution in [0.15, 0.2) is 24.3 Å². The lowest BCUT2D eigenvalue weighted by molar-refractivity contribution is -0.141. The third kappa shape index (κ3) is 5.90. The minimum Gasteiger partial charge on any atom is -0.481 e. The second kappa shape index (κ2) is 7.12. The highest BCUT2D eigenvalue weighted by Crippen LogP contribution is 2.14. The molecular formula is C13H17ClN2O4. The fourth-order valence-corrected chi connectivity index (χ4v) is 1.74. The summed E-state index contributed by atoms with van der Waals surface area (Å²) < 4.78 is 0. The Labute approximate surface area is 121 Å². The summed E-state index contributed by atoms with van der Waals surface area (Å²) in [5, 5.41) is 23.8. The van der Waals surface area contributed by atoms with Gasteiger partial charge in [0.15, 0.2) is 0 Å². The van der Waals surface area contributed by atoms with E-state index in [4.69, 9.17) is 16.7 Å². The van der Waals surface area contributed by atoms with Crippen LogP contribution in [0.2, 0.25) is 5.02 Å². The monoisotopic (exact) mass is 300 g/mol. The van der Waals surface area contributed by atoms with Gasteiger partial charge in [0, 0.05) is 18.1 Å². The van der Waals surface area contributed by atoms with Gasteiger partial charge in [-0.25, -0.2) is 4.79 Å². The number of carbonyl (C=O) groups is 2. The van der Waals surface area contributed by atoms with Crippen LogP contribution < -0.4 is 10.6 Å². The molecule has 6 nitrogen and oxygen atoms in total. The Morgan fingerprint density at radius 3 is 2.55 bits per heavy atom. The van der Waals surface area contributed by atoms with E-state index in [1.54, 1.807) is 24.3 Å². The van der Waals surface area contributed by atoms with Gasteiger partial charge in [-0.05, 0) is 18.6 Å². The lowest BCUT2D eigenvalue weighted by Crippen LogP contribution is -2.45. The normalized spacial score (nSPS) is 13.3. The van der Waals surface area contributed by atoms with E-state index < -0.39 is 24.0 Å². The van der Waals surface area contributed by atoms with Crippen LogP contribution in [0.1, 0.15) is 18.9 Å². The summed E-state index contributed by atoms with van der Waals surface area (Å²) in [7, 11) is 0. The molecule has 1 rings (SSSR count). The number of hydrogen-bond donors (Lipinski definition) is 4. The quantitative estimate of drug-likeness (QED) is 0.637. The largest absolute Gasteiger partial charge is 0.481 e. The Morgan fingerprint density at radius 2 is 1.95 bits per heavy atom. The molecule has 0 bridgehead atoms. The van der Waals surface area contributed by atoms with Gasteiger partial charge < -0.3 is 20.8 Å². The minimum atomic E-state index is -1.49. The van der Waals surface area contributed by atoms with Gasteiger partial charge in [-0.1, -0.05) is 29.8 Å². The van der Waals surface area contributed by atoms with E-state index in [2.05, 4.69) is 10.6 Å². The smallest absolute Gasteiger partial charge is 0.315 e. The van der Waals surface area contributed by atoms with Gasteiger partial charge in [-0.15, -0.1) is 0 Å². The van der Waals surface area contributed by atoms with Crippen molar-refractivity contribution in [2.45, 2.75) is 25.5 Å². The number of carboxylic acids is 1. The Kier molecular flexibility index (Phi) is 5.79. The van der Waals surface area contributed by atoms with E-state index in [1.165, 1.54) is 6.92 Å². The summed E-state index contributed by atoms with van der Waals surface area (Å²) in [5.74, 6) is -1.13. The van der Waals surface area contributed by atoms with Gasteiger partial charge in [0.25, 0.3) is 0 Å². The van der Waals surface area contributed by atoms with Crippen molar-refractivity contribution in [2.75, 3.05) is 6.54 Å². The zero-order valence-electron chi connectivity index (χ0n) is 11.0. The number of carboxylic acid groups (broad SMARTS) is 1. The number of urea groups is 1. The second-order valence-corrected chi connectivity index (χ2v) is 5.10. The molecule has 0 aliphatic rings. The molecule has 0 radical (unpaired) electrons. The van der Waals surface area contributed by atoms with Crippen LogP contribution in [0.3, 0.4) is 0 Å². The SMILES string of the molecule is CC(O)(CNC(=O)NCc1ccccc1Cl)CC(=O)O. The molecule has 0 aliphatic heterocycles. The number of aliphatic hydroxyl groups is 1. The van der Waals surface area contributed by atoms with Crippen LogP contribution in [-0.4, -0.2) is 34.4 Å². The molecule has 2 amide bonds. The van der Waals surface area contributed by atoms with Gasteiger partial charge in [0.1, 0.15) is 0 Å². The maximum absolute atomic E-state index is 11.5. The fraction of sp³-hybridized carbons (Fsp3) is 0.385. The lowest BCUT2D eigenvalue weighted by Gasteiger charge is -2.21. The average molecular weight is 301 g/mol. The molecule has 0 saturated heterocycles. The van der Waals surface area contributed by atoms with Crippen LogP contribution in [0.25, 0.3) is 0 Å². The van der Waals surface area contributed by atoms with E-state index in [0.717, 1.165) is 5.56 Å². The number of nitrogens with one attached hydrogen (secondary N) is 2. The highest BCUT2D eigenvalue weighted by Gasteiger charge is 2.24. The van der Waals surface area contributed by atoms with Crippen molar-refractivity contribution < 1.29 is 19.8 Å². The van der Waals surface area contributed by atoms with Gasteiger partial charge >= 0.3 is 12.0 Å². The topological polar surface area (TPSA) is 98.7 Å². The zero-order valence-corrected chi connectivity index (χ0v) is 11.8. The Hall–Kier alpha value is -1.79. The fourth-order valence-electron chi connectivity index (χ4n) is 1.54. The average Bonchev–Trinajstić information content (AvgIpc) is 2.34. The predicted molar refractivity (Wildman–Crippen MR) is 74.6 cm³/mol. The van der Waals surface area contributed by atoms with Crippen molar-refractivity contribution in [2.24, 2.45) is 0 Å². The molecule has 4 N–H and O–H groups in total. The summed E-state index contributed by atoms with van der Waals surface area (Å²) in [5.41, 5.74) is -0.727. The molecular weight excluding hydrogens is 284 g/mol. The van der Waals surface area contributed by atoms with Crippen molar-refractivity contribution >= 4 is 23.6 Å². The van der Waals surface area contributed by atoms with Crippen LogP contribution in [-0.2, 0) is 11.3 Å². The first-order chi connectivity index (χ1) is 9.30. The molecule has 0 aromatic heterocycles. The highest BCUT2D eigenvalue weighted by molar-refractivity contribution is 6.31. The molecule has 0 saturated carbocycles. The third-order valence-electron chi connectivity index (χ3n) is 2.56. The maximum Gasteiger partial charge on any atom is 0.315 e. The first kappa shape index (κ1) is 16.3. The van der Waals surface area contributed by atoms with E-state index >= 15 is 0 Å². The second-order valence-electron chi connectivity index (χ2n) is 4.70. The van der Waals surface area contributed by atoms with Crippen LogP contribution >= 0.6 is 11.6 Å². The summed E-state index contributed by atoms with van der Waals surface area (Å²) >= 11 is 5.94. The standard InChI is InChI=1S/C13H17ClN2O4/c1-13(20,6-11(17)18)8-16-12(19)15-7-9-4-2-3-5-10(9)14/h2-5,20H,6-8H2,1H3,(H,17,18)(H2,15,16,19). The number of carbonyl (C=O) groups excluding carboxylic acids is 1. The van der Waals surface area contributed by atoms with E-state index in [0.29, 0.717) is 5.02 Å². The summed E-state index contributed by atoms with van der Waals surface area (Å²) in [4.78, 5) is 22.0. The molecule has 0 spiro atoms. The van der Waals surface area contributed by atoms with Crippen molar-refractivity contribution in [1.29, 1.82) is 0 Å². The first-order valence-corrected chi connectivity index (χ1v) is 6.37. The van der Waals surface area contributed by atoms with Gasteiger partial charge in [-0.3, -0.25) is 4.79 Å². The molecule has 0 aliphatic carbocycles. The summed E-state index contributed by atoms with van der Waals surface area (Å²) in [6.45, 7) is 1.43. The first-order valence-electron chi connectivity index (χ1n) is 5.99. The van der Waals surface area contributed by atoms with E-state index in [-0.39, 0.29) is 13.1 Å². The predicted octanol–water partition coefficient (Wildman–Crippen LogP) is 1.36. The molecule has 1 aromatic carbocycles. The van der Waals surface area contributed by atoms with Gasteiger partial charge in [0.2, 0.25) is 0 Å². The van der Waals surface area contributed by atoms with Crippen molar-refractivity contribution in [3.63, 3.8) is 0 Å². The lowest BCUT2D eigenvalue weighted by atomic mass is 10.0. The Morgan fingerprint density at radius 1 is 1.30 bits per heavy atom. The number of benzene rings is 1. The van der Waals surface area contributed by atoms with Gasteiger partial charge in [-0.2, -0.15) is 0 Å². The Balaban J connectivity index is 2.38. The summed E-state index contributed by atoms with van der Waals surface area (Å²) in [6, 6.07) is 6.58. The number of halogens is 1. The van der Waals surface area contributed by atoms with Crippen molar-refractivity contribution in [3.05, 3.63) is 34.9 Å². The molecule has 0 fully saturated rings. The van der Waals surface area contributed by atoms with E-state index in [9.17, 15) is 14.7 Å². The highest BCUT2D eigenvalue weighted by atomic mass is 35.5. The molecule has 1 aromatic rings. The number of amides is 2.